The highest BCUT2D eigenvalue weighted by molar-refractivity contribution is 6.15. The van der Waals surface area contributed by atoms with Crippen molar-refractivity contribution in [1.29, 1.82) is 0 Å². The smallest absolute Gasteiger partial charge is 0.327 e. The molecule has 0 spiro atoms. The number of benzene rings is 1. The molecule has 1 fully saturated rings. The molecule has 0 aliphatic carbocycles. The summed E-state index contributed by atoms with van der Waals surface area (Å²) in [5, 5.41) is 19.0. The van der Waals surface area contributed by atoms with Gasteiger partial charge >= 0.3 is 5.97 Å². The van der Waals surface area contributed by atoms with Crippen molar-refractivity contribution in [2.24, 2.45) is 0 Å². The van der Waals surface area contributed by atoms with E-state index in [1.807, 2.05) is 30.3 Å². The zero-order valence-corrected chi connectivity index (χ0v) is 10.3. The van der Waals surface area contributed by atoms with E-state index in [1.165, 1.54) is 0 Å². The number of ether oxygens (including phenoxy) is 1. The highest BCUT2D eigenvalue weighted by atomic mass is 35.5. The van der Waals surface area contributed by atoms with Crippen LogP contribution in [0, 0.1) is 0 Å². The molecule has 1 heterocycles. The molecule has 0 saturated carbocycles. The number of aliphatic hydroxyl groups excluding tert-OH is 2. The number of carbonyl (C=O) groups is 1. The average molecular weight is 272 g/mol. The van der Waals surface area contributed by atoms with Crippen molar-refractivity contribution in [2.45, 2.75) is 24.9 Å². The van der Waals surface area contributed by atoms with Gasteiger partial charge in [-0.3, -0.25) is 4.79 Å². The number of aliphatic hydroxyl groups is 2. The number of rotatable bonds is 3. The molecule has 98 valence electrons. The first kappa shape index (κ1) is 13.3. The first-order chi connectivity index (χ1) is 8.59. The van der Waals surface area contributed by atoms with Crippen LogP contribution >= 0.6 is 11.8 Å². The zero-order valence-electron chi connectivity index (χ0n) is 9.57. The summed E-state index contributed by atoms with van der Waals surface area (Å²) in [5.74, 6) is -0.641. The zero-order chi connectivity index (χ0) is 13.1. The Hall–Kier alpha value is -1.14. The molecule has 1 aliphatic rings. The van der Waals surface area contributed by atoms with Crippen LogP contribution in [-0.2, 0) is 16.1 Å². The summed E-state index contributed by atoms with van der Waals surface area (Å²) in [6, 6.07) is 8.17. The summed E-state index contributed by atoms with van der Waals surface area (Å²) in [4.78, 5) is 11.8. The fourth-order valence-corrected chi connectivity index (χ4v) is 2.18. The normalized spacial score (nSPS) is 28.3. The van der Waals surface area contributed by atoms with Gasteiger partial charge in [0.05, 0.1) is 6.10 Å². The van der Waals surface area contributed by atoms with Crippen LogP contribution in [0.1, 0.15) is 5.56 Å². The Morgan fingerprint density at radius 3 is 2.61 bits per heavy atom. The number of halogens is 1. The Labute approximate surface area is 110 Å². The highest BCUT2D eigenvalue weighted by Gasteiger charge is 2.44. The Morgan fingerprint density at radius 2 is 2.06 bits per heavy atom. The van der Waals surface area contributed by atoms with Gasteiger partial charge in [-0.2, -0.15) is 0 Å². The van der Waals surface area contributed by atoms with Crippen molar-refractivity contribution in [3.8, 4) is 0 Å². The van der Waals surface area contributed by atoms with Gasteiger partial charge in [0.1, 0.15) is 12.7 Å². The molecular formula is C12H14ClNO4. The standard InChI is InChI=1S/C12H14ClNO4/c13-14-6-9(15)11(16)10(14)12(17)18-7-8-4-2-1-3-5-8/h1-5,9-11,15-16H,6-7H2/t9-,10-,11-/m0/s1. The van der Waals surface area contributed by atoms with E-state index in [0.717, 1.165) is 9.98 Å². The van der Waals surface area contributed by atoms with E-state index in [0.29, 0.717) is 0 Å². The molecule has 0 bridgehead atoms. The molecule has 1 aliphatic heterocycles. The van der Waals surface area contributed by atoms with Gasteiger partial charge < -0.3 is 14.9 Å². The van der Waals surface area contributed by atoms with Crippen LogP contribution in [0.15, 0.2) is 30.3 Å². The summed E-state index contributed by atoms with van der Waals surface area (Å²) in [7, 11) is 0. The number of hydrogen-bond acceptors (Lipinski definition) is 5. The molecule has 5 nitrogen and oxygen atoms in total. The Kier molecular flexibility index (Phi) is 4.19. The summed E-state index contributed by atoms with van der Waals surface area (Å²) in [5.41, 5.74) is 0.847. The van der Waals surface area contributed by atoms with Gasteiger partial charge in [-0.05, 0) is 17.3 Å². The van der Waals surface area contributed by atoms with Crippen LogP contribution in [0.3, 0.4) is 0 Å². The van der Waals surface area contributed by atoms with Crippen molar-refractivity contribution < 1.29 is 19.7 Å². The van der Waals surface area contributed by atoms with E-state index in [2.05, 4.69) is 0 Å². The maximum atomic E-state index is 11.8. The van der Waals surface area contributed by atoms with Crippen LogP contribution in [0.2, 0.25) is 0 Å². The second-order valence-electron chi connectivity index (χ2n) is 4.18. The molecule has 1 aromatic carbocycles. The van der Waals surface area contributed by atoms with Gasteiger partial charge in [0.2, 0.25) is 0 Å². The number of hydrogen-bond donors (Lipinski definition) is 2. The second-order valence-corrected chi connectivity index (χ2v) is 4.61. The van der Waals surface area contributed by atoms with Crippen molar-refractivity contribution in [3.63, 3.8) is 0 Å². The molecule has 18 heavy (non-hydrogen) atoms. The summed E-state index contributed by atoms with van der Waals surface area (Å²) in [6.07, 6.45) is -2.25. The fourth-order valence-electron chi connectivity index (χ4n) is 1.84. The molecule has 0 amide bonds. The van der Waals surface area contributed by atoms with Crippen LogP contribution in [0.25, 0.3) is 0 Å². The lowest BCUT2D eigenvalue weighted by Gasteiger charge is -2.18. The Balaban J connectivity index is 1.92. The summed E-state index contributed by atoms with van der Waals surface area (Å²) >= 11 is 5.76. The first-order valence-electron chi connectivity index (χ1n) is 5.58. The number of carbonyl (C=O) groups excluding carboxylic acids is 1. The third-order valence-electron chi connectivity index (χ3n) is 2.85. The van der Waals surface area contributed by atoms with Gasteiger partial charge in [0.25, 0.3) is 0 Å². The van der Waals surface area contributed by atoms with E-state index in [-0.39, 0.29) is 13.2 Å². The summed E-state index contributed by atoms with van der Waals surface area (Å²) < 4.78 is 6.14. The minimum atomic E-state index is -1.22. The Morgan fingerprint density at radius 1 is 1.39 bits per heavy atom. The minimum absolute atomic E-state index is 0.0355. The molecule has 1 saturated heterocycles. The second kappa shape index (κ2) is 5.67. The SMILES string of the molecule is O=C(OCc1ccccc1)[C@@H]1[C@@H](O)[C@@H](O)CN1Cl. The van der Waals surface area contributed by atoms with Crippen LogP contribution in [-0.4, -0.2) is 45.4 Å². The number of nitrogens with zero attached hydrogens (tertiary/aromatic N) is 1. The van der Waals surface area contributed by atoms with E-state index in [4.69, 9.17) is 16.5 Å². The lowest BCUT2D eigenvalue weighted by Crippen LogP contribution is -2.40. The van der Waals surface area contributed by atoms with E-state index < -0.39 is 24.2 Å². The third-order valence-corrected chi connectivity index (χ3v) is 3.19. The monoisotopic (exact) mass is 271 g/mol. The lowest BCUT2D eigenvalue weighted by atomic mass is 10.1. The quantitative estimate of drug-likeness (QED) is 0.611. The average Bonchev–Trinajstić information content (AvgIpc) is 2.62. The maximum absolute atomic E-state index is 11.8. The van der Waals surface area contributed by atoms with Crippen molar-refractivity contribution in [1.82, 2.24) is 4.42 Å². The van der Waals surface area contributed by atoms with Gasteiger partial charge in [0, 0.05) is 6.54 Å². The van der Waals surface area contributed by atoms with Crippen LogP contribution in [0.5, 0.6) is 0 Å². The highest BCUT2D eigenvalue weighted by Crippen LogP contribution is 2.22. The van der Waals surface area contributed by atoms with Crippen molar-refractivity contribution in [3.05, 3.63) is 35.9 Å². The van der Waals surface area contributed by atoms with Gasteiger partial charge in [-0.25, -0.2) is 4.42 Å². The molecule has 0 unspecified atom stereocenters. The van der Waals surface area contributed by atoms with Crippen molar-refractivity contribution >= 4 is 17.7 Å². The van der Waals surface area contributed by atoms with Gasteiger partial charge in [-0.15, -0.1) is 0 Å². The lowest BCUT2D eigenvalue weighted by molar-refractivity contribution is -0.152. The van der Waals surface area contributed by atoms with E-state index in [9.17, 15) is 15.0 Å². The first-order valence-corrected chi connectivity index (χ1v) is 5.92. The topological polar surface area (TPSA) is 70.0 Å². The molecule has 2 N–H and O–H groups in total. The van der Waals surface area contributed by atoms with E-state index >= 15 is 0 Å². The summed E-state index contributed by atoms with van der Waals surface area (Å²) in [6.45, 7) is 0.150. The molecule has 0 radical (unpaired) electrons. The minimum Gasteiger partial charge on any atom is -0.460 e. The largest absolute Gasteiger partial charge is 0.460 e. The molecule has 1 aromatic rings. The van der Waals surface area contributed by atoms with E-state index in [1.54, 1.807) is 0 Å². The predicted octanol–water partition coefficient (Wildman–Crippen LogP) is 0.290. The molecule has 2 rings (SSSR count). The van der Waals surface area contributed by atoms with Gasteiger partial charge in [-0.1, -0.05) is 30.3 Å². The number of esters is 1. The molecular weight excluding hydrogens is 258 g/mol. The van der Waals surface area contributed by atoms with Crippen LogP contribution < -0.4 is 0 Å². The Bertz CT molecular complexity index is 414. The van der Waals surface area contributed by atoms with Gasteiger partial charge in [0.15, 0.2) is 6.04 Å². The molecule has 6 heteroatoms. The van der Waals surface area contributed by atoms with Crippen LogP contribution in [0.4, 0.5) is 0 Å². The van der Waals surface area contributed by atoms with Crippen molar-refractivity contribution in [2.75, 3.05) is 6.54 Å². The maximum Gasteiger partial charge on any atom is 0.327 e. The predicted molar refractivity (Wildman–Crippen MR) is 64.6 cm³/mol. The number of β-amino-alcohol motifs (C(OH)–C–C–N with tert-alkyl or cyclic N) is 1. The molecule has 0 aromatic heterocycles. The molecule has 3 atom stereocenters. The fraction of sp³-hybridized carbons (Fsp3) is 0.417. The third kappa shape index (κ3) is 2.81.